The van der Waals surface area contributed by atoms with Crippen molar-refractivity contribution in [2.24, 2.45) is 5.73 Å². The van der Waals surface area contributed by atoms with Gasteiger partial charge in [0.05, 0.1) is 11.4 Å². The van der Waals surface area contributed by atoms with Crippen LogP contribution in [0.5, 0.6) is 0 Å². The van der Waals surface area contributed by atoms with E-state index < -0.39 is 5.91 Å². The first kappa shape index (κ1) is 19.6. The number of aromatic nitrogens is 2. The number of benzene rings is 1. The normalized spacial score (nSPS) is 17.4. The lowest BCUT2D eigenvalue weighted by molar-refractivity contribution is -0.115. The molecule has 2 unspecified atom stereocenters. The van der Waals surface area contributed by atoms with Crippen molar-refractivity contribution in [3.8, 4) is 0 Å². The number of carbonyl (C=O) groups excluding carboxylic acids is 2. The monoisotopic (exact) mass is 407 g/mol. The van der Waals surface area contributed by atoms with Gasteiger partial charge >= 0.3 is 0 Å². The Morgan fingerprint density at radius 3 is 2.81 bits per heavy atom. The molecule has 2 aromatic rings. The molecule has 8 nitrogen and oxygen atoms in total. The number of hydrogen-bond acceptors (Lipinski definition) is 8. The lowest BCUT2D eigenvalue weighted by atomic mass is 10.2. The smallest absolute Gasteiger partial charge is 0.248 e. The second-order valence-electron chi connectivity index (χ2n) is 6.08. The number of thioether (sulfide) groups is 1. The molecule has 1 aliphatic rings. The summed E-state index contributed by atoms with van der Waals surface area (Å²) >= 11 is 2.76. The summed E-state index contributed by atoms with van der Waals surface area (Å²) in [5, 5.41) is 14.6. The third-order valence-electron chi connectivity index (χ3n) is 4.00. The molecule has 27 heavy (non-hydrogen) atoms. The largest absolute Gasteiger partial charge is 0.376 e. The zero-order valence-corrected chi connectivity index (χ0v) is 16.4. The molecule has 0 bridgehead atoms. The van der Waals surface area contributed by atoms with Gasteiger partial charge in [0.2, 0.25) is 16.9 Å². The molecular weight excluding hydrogens is 386 g/mol. The standard InChI is InChI=1S/C17H21N5O3S2/c1-10(15(24)20-12-6-4-11(5-7-12)14(18)23)26-17-22-21-16(27-17)19-9-13-3-2-8-25-13/h4-7,10,13H,2-3,8-9H2,1H3,(H2,18,23)(H,19,21)(H,20,24). The number of primary amides is 1. The summed E-state index contributed by atoms with van der Waals surface area (Å²) in [6.07, 6.45) is 2.39. The molecule has 0 radical (unpaired) electrons. The van der Waals surface area contributed by atoms with Gasteiger partial charge in [0, 0.05) is 24.4 Å². The lowest BCUT2D eigenvalue weighted by Gasteiger charge is -2.10. The molecule has 0 aliphatic carbocycles. The first-order chi connectivity index (χ1) is 13.0. The van der Waals surface area contributed by atoms with E-state index in [1.54, 1.807) is 31.2 Å². The van der Waals surface area contributed by atoms with Gasteiger partial charge in [-0.05, 0) is 44.0 Å². The quantitative estimate of drug-likeness (QED) is 0.575. The Balaban J connectivity index is 1.48. The number of amides is 2. The predicted octanol–water partition coefficient (Wildman–Crippen LogP) is 2.35. The Morgan fingerprint density at radius 1 is 1.37 bits per heavy atom. The van der Waals surface area contributed by atoms with Gasteiger partial charge < -0.3 is 21.1 Å². The number of nitrogens with two attached hydrogens (primary N) is 1. The molecule has 0 spiro atoms. The number of nitrogens with zero attached hydrogens (tertiary/aromatic N) is 2. The van der Waals surface area contributed by atoms with Crippen LogP contribution in [-0.2, 0) is 9.53 Å². The van der Waals surface area contributed by atoms with E-state index in [0.29, 0.717) is 11.3 Å². The van der Waals surface area contributed by atoms with E-state index in [9.17, 15) is 9.59 Å². The third kappa shape index (κ3) is 5.65. The van der Waals surface area contributed by atoms with E-state index in [2.05, 4.69) is 20.8 Å². The van der Waals surface area contributed by atoms with Crippen LogP contribution in [-0.4, -0.2) is 46.5 Å². The van der Waals surface area contributed by atoms with Gasteiger partial charge in [-0.1, -0.05) is 23.1 Å². The summed E-state index contributed by atoms with van der Waals surface area (Å²) in [5.74, 6) is -0.659. The minimum Gasteiger partial charge on any atom is -0.376 e. The molecule has 1 fully saturated rings. The molecule has 2 amide bonds. The van der Waals surface area contributed by atoms with Crippen LogP contribution in [0.15, 0.2) is 28.6 Å². The molecule has 0 saturated carbocycles. The number of nitrogens with one attached hydrogen (secondary N) is 2. The van der Waals surface area contributed by atoms with Crippen molar-refractivity contribution in [2.45, 2.75) is 35.5 Å². The van der Waals surface area contributed by atoms with Crippen molar-refractivity contribution in [3.63, 3.8) is 0 Å². The maximum atomic E-state index is 12.3. The average Bonchev–Trinajstić information content (AvgIpc) is 3.32. The Labute approximate surface area is 165 Å². The average molecular weight is 408 g/mol. The number of rotatable bonds is 8. The Morgan fingerprint density at radius 2 is 2.15 bits per heavy atom. The van der Waals surface area contributed by atoms with E-state index in [1.165, 1.54) is 23.1 Å². The molecule has 3 rings (SSSR count). The highest BCUT2D eigenvalue weighted by Gasteiger charge is 2.19. The maximum absolute atomic E-state index is 12.3. The third-order valence-corrected chi connectivity index (χ3v) is 6.06. The summed E-state index contributed by atoms with van der Waals surface area (Å²) in [6, 6.07) is 6.44. The number of anilines is 2. The SMILES string of the molecule is CC(Sc1nnc(NCC2CCCO2)s1)C(=O)Nc1ccc(C(N)=O)cc1. The van der Waals surface area contributed by atoms with Crippen LogP contribution in [0.2, 0.25) is 0 Å². The summed E-state index contributed by atoms with van der Waals surface area (Å²) < 4.78 is 6.28. The number of hydrogen-bond donors (Lipinski definition) is 3. The molecule has 4 N–H and O–H groups in total. The summed E-state index contributed by atoms with van der Waals surface area (Å²) in [4.78, 5) is 23.4. The van der Waals surface area contributed by atoms with Gasteiger partial charge in [0.15, 0.2) is 4.34 Å². The van der Waals surface area contributed by atoms with E-state index in [-0.39, 0.29) is 17.3 Å². The fourth-order valence-electron chi connectivity index (χ4n) is 2.50. The molecular formula is C17H21N5O3S2. The molecule has 10 heteroatoms. The molecule has 2 atom stereocenters. The van der Waals surface area contributed by atoms with Crippen molar-refractivity contribution in [3.05, 3.63) is 29.8 Å². The van der Waals surface area contributed by atoms with E-state index in [1.807, 2.05) is 0 Å². The van der Waals surface area contributed by atoms with Gasteiger partial charge in [-0.25, -0.2) is 0 Å². The minimum atomic E-state index is -0.503. The predicted molar refractivity (Wildman–Crippen MR) is 106 cm³/mol. The van der Waals surface area contributed by atoms with Crippen LogP contribution >= 0.6 is 23.1 Å². The van der Waals surface area contributed by atoms with Crippen LogP contribution in [0.1, 0.15) is 30.1 Å². The van der Waals surface area contributed by atoms with Crippen LogP contribution in [0.3, 0.4) is 0 Å². The first-order valence-corrected chi connectivity index (χ1v) is 10.3. The zero-order valence-electron chi connectivity index (χ0n) is 14.8. The molecule has 144 valence electrons. The highest BCUT2D eigenvalue weighted by atomic mass is 32.2. The van der Waals surface area contributed by atoms with Crippen molar-refractivity contribution >= 4 is 45.7 Å². The topological polar surface area (TPSA) is 119 Å². The van der Waals surface area contributed by atoms with Crippen LogP contribution in [0.4, 0.5) is 10.8 Å². The van der Waals surface area contributed by atoms with Crippen LogP contribution in [0, 0.1) is 0 Å². The fourth-order valence-corrected chi connectivity index (χ4v) is 4.40. The minimum absolute atomic E-state index is 0.157. The Hall–Kier alpha value is -2.17. The van der Waals surface area contributed by atoms with Crippen molar-refractivity contribution in [1.29, 1.82) is 0 Å². The van der Waals surface area contributed by atoms with Gasteiger partial charge in [-0.3, -0.25) is 9.59 Å². The summed E-state index contributed by atoms with van der Waals surface area (Å²) in [5.41, 5.74) is 6.21. The summed E-state index contributed by atoms with van der Waals surface area (Å²) in [6.45, 7) is 3.34. The summed E-state index contributed by atoms with van der Waals surface area (Å²) in [7, 11) is 0. The first-order valence-electron chi connectivity index (χ1n) is 8.57. The molecule has 2 heterocycles. The molecule has 1 saturated heterocycles. The molecule has 1 aromatic carbocycles. The second kappa shape index (κ2) is 9.16. The molecule has 1 aromatic heterocycles. The van der Waals surface area contributed by atoms with Gasteiger partial charge in [0.25, 0.3) is 0 Å². The highest BCUT2D eigenvalue weighted by Crippen LogP contribution is 2.29. The van der Waals surface area contributed by atoms with Gasteiger partial charge in [-0.15, -0.1) is 10.2 Å². The second-order valence-corrected chi connectivity index (χ2v) is 8.65. The van der Waals surface area contributed by atoms with E-state index in [4.69, 9.17) is 10.5 Å². The highest BCUT2D eigenvalue weighted by molar-refractivity contribution is 8.02. The lowest BCUT2D eigenvalue weighted by Crippen LogP contribution is -2.22. The van der Waals surface area contributed by atoms with Crippen LogP contribution in [0.25, 0.3) is 0 Å². The van der Waals surface area contributed by atoms with Crippen molar-refractivity contribution in [1.82, 2.24) is 10.2 Å². The fraction of sp³-hybridized carbons (Fsp3) is 0.412. The molecule has 1 aliphatic heterocycles. The van der Waals surface area contributed by atoms with E-state index >= 15 is 0 Å². The van der Waals surface area contributed by atoms with E-state index in [0.717, 1.165) is 35.5 Å². The van der Waals surface area contributed by atoms with Gasteiger partial charge in [0.1, 0.15) is 0 Å². The number of carbonyl (C=O) groups is 2. The van der Waals surface area contributed by atoms with Crippen molar-refractivity contribution < 1.29 is 14.3 Å². The Bertz CT molecular complexity index is 790. The Kier molecular flexibility index (Phi) is 6.64. The zero-order chi connectivity index (χ0) is 19.2. The maximum Gasteiger partial charge on any atom is 0.248 e. The number of ether oxygens (including phenoxy) is 1. The van der Waals surface area contributed by atoms with Crippen LogP contribution < -0.4 is 16.4 Å². The van der Waals surface area contributed by atoms with Crippen molar-refractivity contribution in [2.75, 3.05) is 23.8 Å². The van der Waals surface area contributed by atoms with Gasteiger partial charge in [-0.2, -0.15) is 0 Å².